The average Bonchev–Trinajstić information content (AvgIpc) is 1.80. The molecule has 0 fully saturated rings. The van der Waals surface area contributed by atoms with Crippen LogP contribution in [0.5, 0.6) is 0 Å². The SMILES string of the molecule is CC(C)=CCCCCO.[Ac]. The molecule has 1 radical (unpaired) electrons. The Bertz CT molecular complexity index is 85.3. The van der Waals surface area contributed by atoms with E-state index in [-0.39, 0.29) is 44.1 Å². The van der Waals surface area contributed by atoms with Gasteiger partial charge in [0, 0.05) is 50.7 Å². The van der Waals surface area contributed by atoms with Crippen molar-refractivity contribution in [3.05, 3.63) is 11.6 Å². The maximum absolute atomic E-state index is 8.41. The van der Waals surface area contributed by atoms with Crippen LogP contribution in [0.2, 0.25) is 0 Å². The summed E-state index contributed by atoms with van der Waals surface area (Å²) in [6.45, 7) is 4.52. The zero-order chi connectivity index (χ0) is 7.11. The van der Waals surface area contributed by atoms with E-state index in [0.717, 1.165) is 19.3 Å². The van der Waals surface area contributed by atoms with E-state index in [0.29, 0.717) is 6.61 Å². The average molecular weight is 355 g/mol. The molecule has 0 aliphatic rings. The molecule has 0 aliphatic heterocycles. The van der Waals surface area contributed by atoms with Crippen LogP contribution < -0.4 is 0 Å². The van der Waals surface area contributed by atoms with Gasteiger partial charge in [-0.25, -0.2) is 0 Å². The van der Waals surface area contributed by atoms with Gasteiger partial charge in [0.1, 0.15) is 0 Å². The van der Waals surface area contributed by atoms with E-state index in [2.05, 4.69) is 19.9 Å². The molecule has 1 nitrogen and oxygen atoms in total. The van der Waals surface area contributed by atoms with Gasteiger partial charge in [-0.2, -0.15) is 0 Å². The fraction of sp³-hybridized carbons (Fsp3) is 0.750. The zero-order valence-electron chi connectivity index (χ0n) is 6.93. The molecule has 0 spiro atoms. The van der Waals surface area contributed by atoms with Crippen LogP contribution in [0.4, 0.5) is 0 Å². The van der Waals surface area contributed by atoms with Crippen LogP contribution in [0.1, 0.15) is 33.1 Å². The van der Waals surface area contributed by atoms with Crippen LogP contribution >= 0.6 is 0 Å². The van der Waals surface area contributed by atoms with Crippen molar-refractivity contribution in [2.45, 2.75) is 33.1 Å². The van der Waals surface area contributed by atoms with E-state index >= 15 is 0 Å². The summed E-state index contributed by atoms with van der Waals surface area (Å²) >= 11 is 0. The van der Waals surface area contributed by atoms with Crippen LogP contribution in [0.15, 0.2) is 11.6 Å². The van der Waals surface area contributed by atoms with Gasteiger partial charge < -0.3 is 5.11 Å². The molecule has 0 aromatic heterocycles. The minimum absolute atomic E-state index is 0. The minimum atomic E-state index is 0. The molecule has 0 aliphatic carbocycles. The maximum Gasteiger partial charge on any atom is 0.0431 e. The molecule has 0 rings (SSSR count). The molecule has 0 unspecified atom stereocenters. The van der Waals surface area contributed by atoms with Crippen molar-refractivity contribution in [2.24, 2.45) is 0 Å². The molecule has 2 heteroatoms. The van der Waals surface area contributed by atoms with Crippen LogP contribution in [0.25, 0.3) is 0 Å². The third-order valence-electron chi connectivity index (χ3n) is 1.16. The first-order valence-electron chi connectivity index (χ1n) is 3.51. The quantitative estimate of drug-likeness (QED) is 0.605. The van der Waals surface area contributed by atoms with Gasteiger partial charge in [0.25, 0.3) is 0 Å². The second-order valence-electron chi connectivity index (χ2n) is 2.50. The van der Waals surface area contributed by atoms with Gasteiger partial charge in [0.05, 0.1) is 0 Å². The molecule has 1 N–H and O–H groups in total. The summed E-state index contributed by atoms with van der Waals surface area (Å²) in [5, 5.41) is 8.41. The number of unbranched alkanes of at least 4 members (excludes halogenated alkanes) is 2. The Labute approximate surface area is 99.5 Å². The van der Waals surface area contributed by atoms with Crippen LogP contribution in [0, 0.1) is 44.1 Å². The van der Waals surface area contributed by atoms with Gasteiger partial charge >= 0.3 is 0 Å². The zero-order valence-corrected chi connectivity index (χ0v) is 11.7. The summed E-state index contributed by atoms with van der Waals surface area (Å²) in [6.07, 6.45) is 5.37. The normalized spacial score (nSPS) is 8.30. The monoisotopic (exact) mass is 355 g/mol. The molecular formula is C8H16AcO. The Morgan fingerprint density at radius 1 is 1.30 bits per heavy atom. The number of aliphatic hydroxyl groups is 1. The van der Waals surface area contributed by atoms with Crippen LogP contribution in [-0.4, -0.2) is 11.7 Å². The molecule has 0 amide bonds. The van der Waals surface area contributed by atoms with Crippen molar-refractivity contribution in [3.8, 4) is 0 Å². The molecule has 0 bridgehead atoms. The van der Waals surface area contributed by atoms with E-state index in [4.69, 9.17) is 5.11 Å². The van der Waals surface area contributed by atoms with E-state index in [1.165, 1.54) is 5.57 Å². The van der Waals surface area contributed by atoms with Crippen LogP contribution in [-0.2, 0) is 0 Å². The number of hydrogen-bond acceptors (Lipinski definition) is 1. The summed E-state index contributed by atoms with van der Waals surface area (Å²) in [7, 11) is 0. The molecule has 0 saturated carbocycles. The van der Waals surface area contributed by atoms with Gasteiger partial charge in [-0.3, -0.25) is 0 Å². The number of rotatable bonds is 4. The summed E-state index contributed by atoms with van der Waals surface area (Å²) < 4.78 is 0. The summed E-state index contributed by atoms with van der Waals surface area (Å²) in [6, 6.07) is 0. The smallest absolute Gasteiger partial charge is 0.0431 e. The molecule has 0 heterocycles. The molecule has 10 heavy (non-hydrogen) atoms. The summed E-state index contributed by atoms with van der Waals surface area (Å²) in [4.78, 5) is 0. The molecule has 0 atom stereocenters. The van der Waals surface area contributed by atoms with Gasteiger partial charge in [0.15, 0.2) is 0 Å². The van der Waals surface area contributed by atoms with E-state index in [1.807, 2.05) is 0 Å². The Hall–Kier alpha value is 1.14. The fourth-order valence-electron chi connectivity index (χ4n) is 0.647. The second kappa shape index (κ2) is 10.1. The second-order valence-corrected chi connectivity index (χ2v) is 2.50. The van der Waals surface area contributed by atoms with Crippen molar-refractivity contribution >= 4 is 0 Å². The fourth-order valence-corrected chi connectivity index (χ4v) is 0.647. The van der Waals surface area contributed by atoms with Crippen molar-refractivity contribution in [1.82, 2.24) is 0 Å². The molecule has 57 valence electrons. The van der Waals surface area contributed by atoms with Gasteiger partial charge in [0.2, 0.25) is 0 Å². The van der Waals surface area contributed by atoms with E-state index < -0.39 is 0 Å². The van der Waals surface area contributed by atoms with Gasteiger partial charge in [-0.1, -0.05) is 11.6 Å². The molecule has 0 aromatic carbocycles. The molecule has 0 saturated heterocycles. The van der Waals surface area contributed by atoms with Crippen molar-refractivity contribution in [3.63, 3.8) is 0 Å². The van der Waals surface area contributed by atoms with E-state index in [1.54, 1.807) is 0 Å². The van der Waals surface area contributed by atoms with Crippen molar-refractivity contribution < 1.29 is 49.2 Å². The summed E-state index contributed by atoms with van der Waals surface area (Å²) in [5.74, 6) is 0. The van der Waals surface area contributed by atoms with Gasteiger partial charge in [-0.05, 0) is 33.1 Å². The largest absolute Gasteiger partial charge is 0.396 e. The molecular weight excluding hydrogens is 339 g/mol. The summed E-state index contributed by atoms with van der Waals surface area (Å²) in [5.41, 5.74) is 1.37. The number of aliphatic hydroxyl groups excluding tert-OH is 1. The van der Waals surface area contributed by atoms with Crippen LogP contribution in [0.3, 0.4) is 0 Å². The van der Waals surface area contributed by atoms with Gasteiger partial charge in [-0.15, -0.1) is 0 Å². The Morgan fingerprint density at radius 3 is 2.30 bits per heavy atom. The third kappa shape index (κ3) is 11.9. The Kier molecular flexibility index (Phi) is 13.9. The first-order chi connectivity index (χ1) is 4.27. The van der Waals surface area contributed by atoms with E-state index in [9.17, 15) is 0 Å². The topological polar surface area (TPSA) is 20.2 Å². The Morgan fingerprint density at radius 2 is 1.90 bits per heavy atom. The van der Waals surface area contributed by atoms with Crippen molar-refractivity contribution in [1.29, 1.82) is 0 Å². The molecule has 0 aromatic rings. The number of allylic oxidation sites excluding steroid dienone is 2. The van der Waals surface area contributed by atoms with Crippen molar-refractivity contribution in [2.75, 3.05) is 6.61 Å². The first-order valence-corrected chi connectivity index (χ1v) is 3.51. The third-order valence-corrected chi connectivity index (χ3v) is 1.16. The predicted octanol–water partition coefficient (Wildman–Crippen LogP) is 2.12. The maximum atomic E-state index is 8.41. The number of hydrogen-bond donors (Lipinski definition) is 1. The Balaban J connectivity index is 0. The first kappa shape index (κ1) is 13.7. The predicted molar refractivity (Wildman–Crippen MR) is 40.4 cm³/mol. The standard InChI is InChI=1S/C8H16O.Ac/c1-8(2)6-4-3-5-7-9;/h6,9H,3-5,7H2,1-2H3;. The minimum Gasteiger partial charge on any atom is -0.396 e.